The van der Waals surface area contributed by atoms with E-state index in [-0.39, 0.29) is 12.4 Å². The molecule has 0 amide bonds. The topological polar surface area (TPSA) is 72.7 Å². The molecule has 2 fully saturated rings. The summed E-state index contributed by atoms with van der Waals surface area (Å²) in [5.74, 6) is 1.05. The number of likely N-dealkylation sites (tertiary alicyclic amines) is 1. The molecule has 0 spiro atoms. The van der Waals surface area contributed by atoms with E-state index in [0.717, 1.165) is 52.2 Å². The van der Waals surface area contributed by atoms with E-state index in [1.807, 2.05) is 13.0 Å². The number of piperidine rings is 1. The zero-order chi connectivity index (χ0) is 19.8. The SMILES string of the molecule is CCNC(=NCc1cc(C#N)ccc1F)NC1CCN(CC2CCOC2)CC1. The Bertz CT molecular complexity index is 703. The number of guanidine groups is 1. The quantitative estimate of drug-likeness (QED) is 0.579. The molecule has 0 radical (unpaired) electrons. The highest BCUT2D eigenvalue weighted by molar-refractivity contribution is 5.80. The maximum Gasteiger partial charge on any atom is 0.191 e. The molecule has 0 saturated carbocycles. The second-order valence-electron chi connectivity index (χ2n) is 7.56. The van der Waals surface area contributed by atoms with Gasteiger partial charge in [-0.25, -0.2) is 9.38 Å². The number of nitriles is 1. The molecule has 1 aromatic rings. The minimum atomic E-state index is -0.331. The lowest BCUT2D eigenvalue weighted by Gasteiger charge is -2.34. The fourth-order valence-electron chi connectivity index (χ4n) is 3.80. The van der Waals surface area contributed by atoms with Gasteiger partial charge in [-0.3, -0.25) is 0 Å². The van der Waals surface area contributed by atoms with Crippen molar-refractivity contribution in [1.29, 1.82) is 5.26 Å². The van der Waals surface area contributed by atoms with E-state index < -0.39 is 0 Å². The third kappa shape index (κ3) is 5.91. The van der Waals surface area contributed by atoms with Crippen molar-refractivity contribution < 1.29 is 9.13 Å². The molecule has 2 aliphatic rings. The molecule has 0 aromatic heterocycles. The Kier molecular flexibility index (Phi) is 7.63. The Balaban J connectivity index is 1.52. The van der Waals surface area contributed by atoms with Gasteiger partial charge in [-0.2, -0.15) is 5.26 Å². The van der Waals surface area contributed by atoms with Gasteiger partial charge in [0.1, 0.15) is 5.82 Å². The molecule has 2 saturated heterocycles. The number of hydrogen-bond acceptors (Lipinski definition) is 4. The molecule has 1 aromatic carbocycles. The van der Waals surface area contributed by atoms with Crippen LogP contribution in [0, 0.1) is 23.1 Å². The van der Waals surface area contributed by atoms with Crippen molar-refractivity contribution in [3.8, 4) is 6.07 Å². The molecule has 152 valence electrons. The highest BCUT2D eigenvalue weighted by Crippen LogP contribution is 2.18. The Hall–Kier alpha value is -2.17. The molecule has 28 heavy (non-hydrogen) atoms. The minimum absolute atomic E-state index is 0.206. The monoisotopic (exact) mass is 387 g/mol. The molecule has 1 unspecified atom stereocenters. The molecule has 0 aliphatic carbocycles. The largest absolute Gasteiger partial charge is 0.381 e. The third-order valence-electron chi connectivity index (χ3n) is 5.40. The number of halogens is 1. The van der Waals surface area contributed by atoms with Crippen LogP contribution in [0.1, 0.15) is 37.3 Å². The smallest absolute Gasteiger partial charge is 0.191 e. The van der Waals surface area contributed by atoms with Gasteiger partial charge in [-0.15, -0.1) is 0 Å². The summed E-state index contributed by atoms with van der Waals surface area (Å²) in [5, 5.41) is 15.7. The van der Waals surface area contributed by atoms with Gasteiger partial charge in [0.15, 0.2) is 5.96 Å². The molecule has 2 aliphatic heterocycles. The molecular weight excluding hydrogens is 357 g/mol. The van der Waals surface area contributed by atoms with Crippen LogP contribution in [0.3, 0.4) is 0 Å². The van der Waals surface area contributed by atoms with Gasteiger partial charge in [0, 0.05) is 44.4 Å². The predicted molar refractivity (Wildman–Crippen MR) is 107 cm³/mol. The Morgan fingerprint density at radius 2 is 2.18 bits per heavy atom. The number of aliphatic imine (C=N–C) groups is 1. The number of ether oxygens (including phenoxy) is 1. The average Bonchev–Trinajstić information content (AvgIpc) is 3.22. The highest BCUT2D eigenvalue weighted by atomic mass is 19.1. The van der Waals surface area contributed by atoms with E-state index in [9.17, 15) is 4.39 Å². The minimum Gasteiger partial charge on any atom is -0.381 e. The molecule has 1 atom stereocenters. The first-order valence-electron chi connectivity index (χ1n) is 10.2. The zero-order valence-corrected chi connectivity index (χ0v) is 16.6. The number of hydrogen-bond donors (Lipinski definition) is 2. The van der Waals surface area contributed by atoms with Crippen LogP contribution in [0.15, 0.2) is 23.2 Å². The van der Waals surface area contributed by atoms with Crippen LogP contribution in [0.25, 0.3) is 0 Å². The van der Waals surface area contributed by atoms with Crippen molar-refractivity contribution in [1.82, 2.24) is 15.5 Å². The number of nitrogens with one attached hydrogen (secondary N) is 2. The van der Waals surface area contributed by atoms with E-state index in [0.29, 0.717) is 29.0 Å². The van der Waals surface area contributed by atoms with E-state index in [1.54, 1.807) is 6.07 Å². The van der Waals surface area contributed by atoms with Crippen molar-refractivity contribution in [2.75, 3.05) is 39.4 Å². The first kappa shape index (κ1) is 20.6. The van der Waals surface area contributed by atoms with Crippen LogP contribution in [-0.4, -0.2) is 56.3 Å². The van der Waals surface area contributed by atoms with Crippen LogP contribution < -0.4 is 10.6 Å². The molecule has 6 nitrogen and oxygen atoms in total. The maximum atomic E-state index is 14.0. The first-order chi connectivity index (χ1) is 13.7. The maximum absolute atomic E-state index is 14.0. The van der Waals surface area contributed by atoms with Gasteiger partial charge in [0.05, 0.1) is 24.8 Å². The lowest BCUT2D eigenvalue weighted by Crippen LogP contribution is -2.49. The van der Waals surface area contributed by atoms with E-state index in [1.165, 1.54) is 18.6 Å². The normalized spacial score (nSPS) is 21.5. The molecule has 0 bridgehead atoms. The Labute approximate surface area is 166 Å². The van der Waals surface area contributed by atoms with Crippen LogP contribution >= 0.6 is 0 Å². The van der Waals surface area contributed by atoms with Crippen LogP contribution in [-0.2, 0) is 11.3 Å². The summed E-state index contributed by atoms with van der Waals surface area (Å²) < 4.78 is 19.5. The summed E-state index contributed by atoms with van der Waals surface area (Å²) in [5.41, 5.74) is 0.884. The first-order valence-corrected chi connectivity index (χ1v) is 10.2. The molecule has 2 N–H and O–H groups in total. The highest BCUT2D eigenvalue weighted by Gasteiger charge is 2.24. The second kappa shape index (κ2) is 10.4. The van der Waals surface area contributed by atoms with Gasteiger partial charge in [-0.05, 0) is 50.3 Å². The Morgan fingerprint density at radius 3 is 2.86 bits per heavy atom. The van der Waals surface area contributed by atoms with Gasteiger partial charge >= 0.3 is 0 Å². The van der Waals surface area contributed by atoms with Gasteiger partial charge in [-0.1, -0.05) is 0 Å². The standard InChI is InChI=1S/C21H30FN5O/c1-2-24-21(25-13-18-11-16(12-23)3-4-20(18)22)26-19-5-8-27(9-6-19)14-17-7-10-28-15-17/h3-4,11,17,19H,2,5-10,13-15H2,1H3,(H2,24,25,26). The third-order valence-corrected chi connectivity index (χ3v) is 5.40. The fraction of sp³-hybridized carbons (Fsp3) is 0.619. The zero-order valence-electron chi connectivity index (χ0n) is 16.6. The van der Waals surface area contributed by atoms with E-state index in [2.05, 4.69) is 20.5 Å². The van der Waals surface area contributed by atoms with Gasteiger partial charge < -0.3 is 20.3 Å². The van der Waals surface area contributed by atoms with Crippen LogP contribution in [0.2, 0.25) is 0 Å². The summed E-state index contributed by atoms with van der Waals surface area (Å²) in [4.78, 5) is 7.06. The number of benzene rings is 1. The van der Waals surface area contributed by atoms with Crippen LogP contribution in [0.5, 0.6) is 0 Å². The molecule has 2 heterocycles. The van der Waals surface area contributed by atoms with E-state index >= 15 is 0 Å². The molecule has 3 rings (SSSR count). The number of nitrogens with zero attached hydrogens (tertiary/aromatic N) is 3. The molecule has 7 heteroatoms. The van der Waals surface area contributed by atoms with Crippen molar-refractivity contribution in [3.05, 3.63) is 35.1 Å². The fourth-order valence-corrected chi connectivity index (χ4v) is 3.80. The summed E-state index contributed by atoms with van der Waals surface area (Å²) in [6, 6.07) is 6.78. The predicted octanol–water partition coefficient (Wildman–Crippen LogP) is 2.25. The van der Waals surface area contributed by atoms with Crippen molar-refractivity contribution in [3.63, 3.8) is 0 Å². The van der Waals surface area contributed by atoms with Crippen molar-refractivity contribution >= 4 is 5.96 Å². The summed E-state index contributed by atoms with van der Waals surface area (Å²) in [6.07, 6.45) is 3.31. The lowest BCUT2D eigenvalue weighted by atomic mass is 10.0. The van der Waals surface area contributed by atoms with Gasteiger partial charge in [0.2, 0.25) is 0 Å². The Morgan fingerprint density at radius 1 is 1.36 bits per heavy atom. The lowest BCUT2D eigenvalue weighted by molar-refractivity contribution is 0.150. The van der Waals surface area contributed by atoms with Gasteiger partial charge in [0.25, 0.3) is 0 Å². The number of rotatable bonds is 6. The summed E-state index contributed by atoms with van der Waals surface area (Å²) in [6.45, 7) is 8.06. The summed E-state index contributed by atoms with van der Waals surface area (Å²) in [7, 11) is 0. The van der Waals surface area contributed by atoms with Crippen molar-refractivity contribution in [2.24, 2.45) is 10.9 Å². The van der Waals surface area contributed by atoms with Crippen molar-refractivity contribution in [2.45, 2.75) is 38.8 Å². The summed E-state index contributed by atoms with van der Waals surface area (Å²) >= 11 is 0. The second-order valence-corrected chi connectivity index (χ2v) is 7.56. The van der Waals surface area contributed by atoms with Crippen LogP contribution in [0.4, 0.5) is 4.39 Å². The molecular formula is C21H30FN5O. The average molecular weight is 388 g/mol. The van der Waals surface area contributed by atoms with E-state index in [4.69, 9.17) is 10.00 Å².